The summed E-state index contributed by atoms with van der Waals surface area (Å²) in [5.74, 6) is 4.11. The highest BCUT2D eigenvalue weighted by molar-refractivity contribution is 7.99. The predicted octanol–water partition coefficient (Wildman–Crippen LogP) is 2.68. The maximum absolute atomic E-state index is 5.48. The first-order chi connectivity index (χ1) is 9.19. The Kier molecular flexibility index (Phi) is 4.82. The highest BCUT2D eigenvalue weighted by Gasteiger charge is 2.24. The lowest BCUT2D eigenvalue weighted by molar-refractivity contribution is 0.346. The summed E-state index contributed by atoms with van der Waals surface area (Å²) in [6, 6.07) is 3.88. The number of thioether (sulfide) groups is 1. The zero-order valence-electron chi connectivity index (χ0n) is 11.9. The van der Waals surface area contributed by atoms with Crippen molar-refractivity contribution in [1.29, 1.82) is 0 Å². The number of ether oxygens (including phenoxy) is 3. The van der Waals surface area contributed by atoms with E-state index in [4.69, 9.17) is 14.2 Å². The van der Waals surface area contributed by atoms with Crippen LogP contribution in [0.3, 0.4) is 0 Å². The zero-order valence-corrected chi connectivity index (χ0v) is 12.7. The van der Waals surface area contributed by atoms with Crippen LogP contribution in [-0.2, 0) is 0 Å². The summed E-state index contributed by atoms with van der Waals surface area (Å²) in [6.45, 7) is 3.28. The Labute approximate surface area is 118 Å². The third-order valence-corrected chi connectivity index (χ3v) is 4.73. The van der Waals surface area contributed by atoms with E-state index < -0.39 is 0 Å². The van der Waals surface area contributed by atoms with Crippen molar-refractivity contribution in [3.63, 3.8) is 0 Å². The summed E-state index contributed by atoms with van der Waals surface area (Å²) < 4.78 is 16.2. The summed E-state index contributed by atoms with van der Waals surface area (Å²) in [5.41, 5.74) is 1.11. The molecule has 5 heteroatoms. The van der Waals surface area contributed by atoms with Crippen molar-refractivity contribution in [1.82, 2.24) is 5.32 Å². The molecule has 1 fully saturated rings. The summed E-state index contributed by atoms with van der Waals surface area (Å²) in [4.78, 5) is 0. The van der Waals surface area contributed by atoms with Gasteiger partial charge in [0.25, 0.3) is 0 Å². The fourth-order valence-corrected chi connectivity index (χ4v) is 3.36. The third-order valence-electron chi connectivity index (χ3n) is 3.22. The van der Waals surface area contributed by atoms with Crippen LogP contribution < -0.4 is 19.5 Å². The first kappa shape index (κ1) is 14.3. The fourth-order valence-electron chi connectivity index (χ4n) is 2.14. The Bertz CT molecular complexity index is 431. The van der Waals surface area contributed by atoms with Crippen LogP contribution in [0.5, 0.6) is 17.2 Å². The van der Waals surface area contributed by atoms with E-state index >= 15 is 0 Å². The standard InChI is InChI=1S/C14H21NO3S/c1-9-7-15-14(19-8-9)10-5-12(17-3)13(18-4)6-11(10)16-2/h5-6,9,14-15H,7-8H2,1-4H3. The lowest BCUT2D eigenvalue weighted by Gasteiger charge is -2.29. The minimum atomic E-state index is 0.242. The smallest absolute Gasteiger partial charge is 0.164 e. The van der Waals surface area contributed by atoms with Gasteiger partial charge in [-0.3, -0.25) is 0 Å². The molecule has 19 heavy (non-hydrogen) atoms. The molecule has 0 radical (unpaired) electrons. The molecule has 0 bridgehead atoms. The average molecular weight is 283 g/mol. The second-order valence-electron chi connectivity index (χ2n) is 4.68. The van der Waals surface area contributed by atoms with E-state index in [-0.39, 0.29) is 5.37 Å². The van der Waals surface area contributed by atoms with Crippen LogP contribution >= 0.6 is 11.8 Å². The molecule has 1 aliphatic heterocycles. The number of rotatable bonds is 4. The molecule has 1 aromatic carbocycles. The van der Waals surface area contributed by atoms with E-state index in [1.165, 1.54) is 0 Å². The highest BCUT2D eigenvalue weighted by Crippen LogP contribution is 2.42. The van der Waals surface area contributed by atoms with Crippen molar-refractivity contribution in [3.8, 4) is 17.2 Å². The molecule has 1 aliphatic rings. The van der Waals surface area contributed by atoms with Crippen molar-refractivity contribution in [2.45, 2.75) is 12.3 Å². The number of hydrogen-bond donors (Lipinski definition) is 1. The van der Waals surface area contributed by atoms with Gasteiger partial charge in [0, 0.05) is 11.6 Å². The van der Waals surface area contributed by atoms with Gasteiger partial charge in [0.05, 0.1) is 26.7 Å². The van der Waals surface area contributed by atoms with Gasteiger partial charge in [-0.2, -0.15) is 0 Å². The summed E-state index contributed by atoms with van der Waals surface area (Å²) in [7, 11) is 4.96. The SMILES string of the molecule is COc1cc(OC)c(C2NCC(C)CS2)cc1OC. The van der Waals surface area contributed by atoms with Crippen molar-refractivity contribution >= 4 is 11.8 Å². The monoisotopic (exact) mass is 283 g/mol. The van der Waals surface area contributed by atoms with Crippen LogP contribution in [0.15, 0.2) is 12.1 Å². The van der Waals surface area contributed by atoms with Crippen molar-refractivity contribution < 1.29 is 14.2 Å². The molecule has 0 saturated carbocycles. The van der Waals surface area contributed by atoms with E-state index in [9.17, 15) is 0 Å². The van der Waals surface area contributed by atoms with E-state index in [0.29, 0.717) is 11.7 Å². The van der Waals surface area contributed by atoms with Gasteiger partial charge in [-0.25, -0.2) is 0 Å². The van der Waals surface area contributed by atoms with Crippen LogP contribution in [0, 0.1) is 5.92 Å². The Balaban J connectivity index is 2.32. The van der Waals surface area contributed by atoms with Gasteiger partial charge in [-0.05, 0) is 24.3 Å². The topological polar surface area (TPSA) is 39.7 Å². The second-order valence-corrected chi connectivity index (χ2v) is 5.81. The molecule has 106 valence electrons. The average Bonchev–Trinajstić information content (AvgIpc) is 2.46. The molecule has 2 atom stereocenters. The maximum Gasteiger partial charge on any atom is 0.164 e. The molecule has 1 N–H and O–H groups in total. The molecule has 1 aromatic rings. The minimum Gasteiger partial charge on any atom is -0.496 e. The lowest BCUT2D eigenvalue weighted by atomic mass is 10.1. The number of methoxy groups -OCH3 is 3. The van der Waals surface area contributed by atoms with Gasteiger partial charge in [-0.15, -0.1) is 11.8 Å². The molecule has 0 aromatic heterocycles. The molecule has 1 heterocycles. The molecule has 2 rings (SSSR count). The van der Waals surface area contributed by atoms with E-state index in [1.807, 2.05) is 23.9 Å². The number of benzene rings is 1. The number of nitrogens with one attached hydrogen (secondary N) is 1. The molecule has 1 saturated heterocycles. The normalized spacial score (nSPS) is 22.9. The van der Waals surface area contributed by atoms with Gasteiger partial charge in [0.2, 0.25) is 0 Å². The Hall–Kier alpha value is -1.07. The summed E-state index contributed by atoms with van der Waals surface area (Å²) in [6.07, 6.45) is 0. The molecule has 4 nitrogen and oxygen atoms in total. The predicted molar refractivity (Wildman–Crippen MR) is 78.5 cm³/mol. The van der Waals surface area contributed by atoms with E-state index in [2.05, 4.69) is 12.2 Å². The Morgan fingerprint density at radius 2 is 1.68 bits per heavy atom. The van der Waals surface area contributed by atoms with Gasteiger partial charge in [0.1, 0.15) is 5.75 Å². The van der Waals surface area contributed by atoms with Crippen LogP contribution in [0.1, 0.15) is 17.9 Å². The van der Waals surface area contributed by atoms with Crippen molar-refractivity contribution in [3.05, 3.63) is 17.7 Å². The summed E-state index contributed by atoms with van der Waals surface area (Å²) in [5, 5.41) is 3.78. The first-order valence-corrected chi connectivity index (χ1v) is 7.39. The molecule has 0 amide bonds. The second kappa shape index (κ2) is 6.39. The molecular formula is C14H21NO3S. The Morgan fingerprint density at radius 3 is 2.21 bits per heavy atom. The molecule has 0 spiro atoms. The van der Waals surface area contributed by atoms with Gasteiger partial charge in [-0.1, -0.05) is 6.92 Å². The van der Waals surface area contributed by atoms with Crippen molar-refractivity contribution in [2.24, 2.45) is 5.92 Å². The van der Waals surface area contributed by atoms with Crippen LogP contribution in [-0.4, -0.2) is 33.6 Å². The maximum atomic E-state index is 5.48. The Morgan fingerprint density at radius 1 is 1.05 bits per heavy atom. The van der Waals surface area contributed by atoms with Crippen LogP contribution in [0.2, 0.25) is 0 Å². The van der Waals surface area contributed by atoms with E-state index in [0.717, 1.165) is 29.4 Å². The van der Waals surface area contributed by atoms with E-state index in [1.54, 1.807) is 21.3 Å². The van der Waals surface area contributed by atoms with Gasteiger partial charge in [0.15, 0.2) is 11.5 Å². The van der Waals surface area contributed by atoms with Crippen molar-refractivity contribution in [2.75, 3.05) is 33.6 Å². The molecule has 0 aliphatic carbocycles. The highest BCUT2D eigenvalue weighted by atomic mass is 32.2. The first-order valence-electron chi connectivity index (χ1n) is 6.34. The zero-order chi connectivity index (χ0) is 13.8. The fraction of sp³-hybridized carbons (Fsp3) is 0.571. The molecule has 2 unspecified atom stereocenters. The number of hydrogen-bond acceptors (Lipinski definition) is 5. The third kappa shape index (κ3) is 3.09. The van der Waals surface area contributed by atoms with Gasteiger partial charge < -0.3 is 19.5 Å². The van der Waals surface area contributed by atoms with Crippen LogP contribution in [0.4, 0.5) is 0 Å². The van der Waals surface area contributed by atoms with Gasteiger partial charge >= 0.3 is 0 Å². The molecular weight excluding hydrogens is 262 g/mol. The quantitative estimate of drug-likeness (QED) is 0.920. The largest absolute Gasteiger partial charge is 0.496 e. The lowest BCUT2D eigenvalue weighted by Crippen LogP contribution is -2.31. The summed E-state index contributed by atoms with van der Waals surface area (Å²) >= 11 is 1.90. The van der Waals surface area contributed by atoms with Crippen LogP contribution in [0.25, 0.3) is 0 Å². The minimum absolute atomic E-state index is 0.242.